The topological polar surface area (TPSA) is 38.3 Å². The molecule has 0 aliphatic rings. The zero-order chi connectivity index (χ0) is 14.0. The number of esters is 1. The van der Waals surface area contributed by atoms with E-state index in [0.717, 1.165) is 32.2 Å². The average Bonchev–Trinajstić information content (AvgIpc) is 2.40. The summed E-state index contributed by atoms with van der Waals surface area (Å²) in [7, 11) is 0. The summed E-state index contributed by atoms with van der Waals surface area (Å²) in [6, 6.07) is 0. The molecule has 0 amide bonds. The second-order valence-electron chi connectivity index (χ2n) is 5.54. The van der Waals surface area contributed by atoms with Crippen LogP contribution in [0.3, 0.4) is 0 Å². The van der Waals surface area contributed by atoms with Gasteiger partial charge in [-0.15, -0.1) is 0 Å². The smallest absolute Gasteiger partial charge is 0.305 e. The van der Waals surface area contributed by atoms with E-state index < -0.39 is 0 Å². The molecule has 2 unspecified atom stereocenters. The first-order valence-corrected chi connectivity index (χ1v) is 7.38. The first-order valence-electron chi connectivity index (χ1n) is 7.38. The van der Waals surface area contributed by atoms with Gasteiger partial charge in [0, 0.05) is 12.0 Å². The molecule has 18 heavy (non-hydrogen) atoms. The molecule has 0 aromatic heterocycles. The molecule has 0 fully saturated rings. The lowest BCUT2D eigenvalue weighted by atomic mass is 9.92. The molecular weight excluding hydrogens is 226 g/mol. The first kappa shape index (κ1) is 17.4. The third-order valence-corrected chi connectivity index (χ3v) is 3.69. The van der Waals surface area contributed by atoms with E-state index in [0.29, 0.717) is 18.9 Å². The molecule has 0 aromatic rings. The average molecular weight is 257 g/mol. The Bertz CT molecular complexity index is 231. The lowest BCUT2D eigenvalue weighted by molar-refractivity contribution is -0.145. The van der Waals surface area contributed by atoms with Crippen LogP contribution in [0.4, 0.5) is 0 Å². The van der Waals surface area contributed by atoms with Crippen molar-refractivity contribution in [2.75, 3.05) is 13.2 Å². The highest BCUT2D eigenvalue weighted by molar-refractivity contribution is 5.69. The minimum absolute atomic E-state index is 0.0609. The number of rotatable bonds is 10. The maximum absolute atomic E-state index is 11.6. The Kier molecular flexibility index (Phi) is 9.08. The highest BCUT2D eigenvalue weighted by Gasteiger charge is 2.22. The van der Waals surface area contributed by atoms with Gasteiger partial charge in [-0.1, -0.05) is 34.1 Å². The molecule has 0 aliphatic carbocycles. The largest absolute Gasteiger partial charge is 0.465 e. The maximum Gasteiger partial charge on any atom is 0.305 e. The highest BCUT2D eigenvalue weighted by atomic mass is 16.5. The van der Waals surface area contributed by atoms with Gasteiger partial charge in [0.25, 0.3) is 0 Å². The third kappa shape index (κ3) is 7.70. The molecule has 0 spiro atoms. The molecule has 3 heteroatoms. The van der Waals surface area contributed by atoms with Gasteiger partial charge in [-0.05, 0) is 38.6 Å². The van der Waals surface area contributed by atoms with E-state index in [4.69, 9.17) is 4.74 Å². The van der Waals surface area contributed by atoms with E-state index in [2.05, 4.69) is 39.9 Å². The summed E-state index contributed by atoms with van der Waals surface area (Å²) in [5.41, 5.74) is 0.0609. The fourth-order valence-electron chi connectivity index (χ4n) is 1.62. The molecule has 0 saturated heterocycles. The Morgan fingerprint density at radius 1 is 1.33 bits per heavy atom. The van der Waals surface area contributed by atoms with Gasteiger partial charge in [-0.3, -0.25) is 4.79 Å². The molecule has 0 aromatic carbocycles. The Balaban J connectivity index is 3.93. The van der Waals surface area contributed by atoms with Crippen molar-refractivity contribution in [3.63, 3.8) is 0 Å². The second kappa shape index (κ2) is 9.37. The van der Waals surface area contributed by atoms with Crippen molar-refractivity contribution in [3.8, 4) is 0 Å². The number of carbonyl (C=O) groups excluding carboxylic acids is 1. The summed E-state index contributed by atoms with van der Waals surface area (Å²) < 4.78 is 5.27. The van der Waals surface area contributed by atoms with Crippen LogP contribution in [-0.4, -0.2) is 24.7 Å². The van der Waals surface area contributed by atoms with Gasteiger partial charge in [0.05, 0.1) is 6.61 Å². The van der Waals surface area contributed by atoms with E-state index in [-0.39, 0.29) is 11.5 Å². The summed E-state index contributed by atoms with van der Waals surface area (Å²) in [4.78, 5) is 11.6. The number of hydrogen-bond acceptors (Lipinski definition) is 3. The van der Waals surface area contributed by atoms with Crippen molar-refractivity contribution in [3.05, 3.63) is 0 Å². The van der Waals surface area contributed by atoms with Crippen LogP contribution < -0.4 is 5.32 Å². The SMILES string of the molecule is CCCNC(C)(CC)CCC(=O)OCC(C)CC. The second-order valence-corrected chi connectivity index (χ2v) is 5.54. The van der Waals surface area contributed by atoms with Crippen molar-refractivity contribution in [1.82, 2.24) is 5.32 Å². The Hall–Kier alpha value is -0.570. The Labute approximate surface area is 113 Å². The summed E-state index contributed by atoms with van der Waals surface area (Å²) in [6.07, 6.45) is 4.57. The molecule has 2 atom stereocenters. The van der Waals surface area contributed by atoms with Gasteiger partial charge in [0.2, 0.25) is 0 Å². The van der Waals surface area contributed by atoms with Crippen LogP contribution in [0.2, 0.25) is 0 Å². The van der Waals surface area contributed by atoms with Gasteiger partial charge < -0.3 is 10.1 Å². The quantitative estimate of drug-likeness (QED) is 0.608. The van der Waals surface area contributed by atoms with Gasteiger partial charge in [0.1, 0.15) is 0 Å². The number of ether oxygens (including phenoxy) is 1. The monoisotopic (exact) mass is 257 g/mol. The maximum atomic E-state index is 11.6. The van der Waals surface area contributed by atoms with Crippen LogP contribution in [-0.2, 0) is 9.53 Å². The Morgan fingerprint density at radius 3 is 2.50 bits per heavy atom. The standard InChI is InChI=1S/C15H31NO2/c1-6-11-16-15(5,8-3)10-9-14(17)18-12-13(4)7-2/h13,16H,6-12H2,1-5H3. The summed E-state index contributed by atoms with van der Waals surface area (Å²) >= 11 is 0. The van der Waals surface area contributed by atoms with Gasteiger partial charge >= 0.3 is 5.97 Å². The van der Waals surface area contributed by atoms with Crippen molar-refractivity contribution in [2.45, 2.75) is 72.3 Å². The van der Waals surface area contributed by atoms with Crippen molar-refractivity contribution in [1.29, 1.82) is 0 Å². The molecule has 0 rings (SSSR count). The molecule has 0 saturated carbocycles. The molecule has 3 nitrogen and oxygen atoms in total. The summed E-state index contributed by atoms with van der Waals surface area (Å²) in [5, 5.41) is 3.52. The summed E-state index contributed by atoms with van der Waals surface area (Å²) in [6.45, 7) is 12.3. The number of carbonyl (C=O) groups is 1. The van der Waals surface area contributed by atoms with Crippen molar-refractivity contribution < 1.29 is 9.53 Å². The van der Waals surface area contributed by atoms with Gasteiger partial charge in [-0.2, -0.15) is 0 Å². The van der Waals surface area contributed by atoms with Crippen LogP contribution in [0, 0.1) is 5.92 Å². The minimum Gasteiger partial charge on any atom is -0.465 e. The van der Waals surface area contributed by atoms with E-state index in [1.165, 1.54) is 0 Å². The lowest BCUT2D eigenvalue weighted by Gasteiger charge is -2.29. The minimum atomic E-state index is -0.0618. The predicted molar refractivity (Wildman–Crippen MR) is 76.6 cm³/mol. The molecule has 0 radical (unpaired) electrons. The van der Waals surface area contributed by atoms with E-state index in [1.807, 2.05) is 0 Å². The normalized spacial score (nSPS) is 16.1. The summed E-state index contributed by atoms with van der Waals surface area (Å²) in [5.74, 6) is 0.401. The predicted octanol–water partition coefficient (Wildman–Crippen LogP) is 3.52. The first-order chi connectivity index (χ1) is 8.47. The molecule has 108 valence electrons. The zero-order valence-electron chi connectivity index (χ0n) is 12.8. The van der Waals surface area contributed by atoms with Gasteiger partial charge in [0.15, 0.2) is 0 Å². The number of nitrogens with one attached hydrogen (secondary N) is 1. The van der Waals surface area contributed by atoms with E-state index in [1.54, 1.807) is 0 Å². The van der Waals surface area contributed by atoms with Crippen LogP contribution in [0.5, 0.6) is 0 Å². The van der Waals surface area contributed by atoms with Crippen LogP contribution in [0.15, 0.2) is 0 Å². The fourth-order valence-corrected chi connectivity index (χ4v) is 1.62. The molecule has 0 heterocycles. The highest BCUT2D eigenvalue weighted by Crippen LogP contribution is 2.17. The fraction of sp³-hybridized carbons (Fsp3) is 0.933. The molecule has 0 aliphatic heterocycles. The van der Waals surface area contributed by atoms with Crippen molar-refractivity contribution >= 4 is 5.97 Å². The molecular formula is C15H31NO2. The molecule has 1 N–H and O–H groups in total. The lowest BCUT2D eigenvalue weighted by Crippen LogP contribution is -2.42. The van der Waals surface area contributed by atoms with Gasteiger partial charge in [-0.25, -0.2) is 0 Å². The van der Waals surface area contributed by atoms with Crippen LogP contribution >= 0.6 is 0 Å². The third-order valence-electron chi connectivity index (χ3n) is 3.69. The Morgan fingerprint density at radius 2 is 2.00 bits per heavy atom. The molecule has 0 bridgehead atoms. The van der Waals surface area contributed by atoms with Crippen molar-refractivity contribution in [2.24, 2.45) is 5.92 Å². The van der Waals surface area contributed by atoms with E-state index >= 15 is 0 Å². The van der Waals surface area contributed by atoms with E-state index in [9.17, 15) is 4.79 Å². The van der Waals surface area contributed by atoms with Crippen LogP contribution in [0.1, 0.15) is 66.7 Å². The van der Waals surface area contributed by atoms with Crippen LogP contribution in [0.25, 0.3) is 0 Å². The zero-order valence-corrected chi connectivity index (χ0v) is 12.8. The number of hydrogen-bond donors (Lipinski definition) is 1.